The number of alkyl halides is 4. The van der Waals surface area contributed by atoms with Crippen molar-refractivity contribution in [2.24, 2.45) is 0 Å². The lowest BCUT2D eigenvalue weighted by Gasteiger charge is -2.07. The second kappa shape index (κ2) is 6.35. The molecule has 0 unspecified atom stereocenters. The molecule has 1 aromatic heterocycles. The molecule has 0 saturated carbocycles. The van der Waals surface area contributed by atoms with Gasteiger partial charge in [-0.3, -0.25) is 4.68 Å². The Morgan fingerprint density at radius 3 is 2.23 bits per heavy atom. The maximum Gasteiger partial charge on any atom is 0.335 e. The van der Waals surface area contributed by atoms with E-state index in [0.29, 0.717) is 10.2 Å². The van der Waals surface area contributed by atoms with Crippen LogP contribution in [0.4, 0.5) is 17.6 Å². The van der Waals surface area contributed by atoms with Crippen molar-refractivity contribution in [1.82, 2.24) is 9.78 Å². The van der Waals surface area contributed by atoms with Gasteiger partial charge in [0.15, 0.2) is 0 Å². The lowest BCUT2D eigenvalue weighted by Crippen LogP contribution is -2.07. The first kappa shape index (κ1) is 16.3. The van der Waals surface area contributed by atoms with Gasteiger partial charge in [0.05, 0.1) is 17.1 Å². The number of hydrogen-bond donors (Lipinski definition) is 1. The van der Waals surface area contributed by atoms with E-state index in [4.69, 9.17) is 16.7 Å². The van der Waals surface area contributed by atoms with Crippen molar-refractivity contribution in [3.63, 3.8) is 0 Å². The summed E-state index contributed by atoms with van der Waals surface area (Å²) in [5.74, 6) is -1.14. The Labute approximate surface area is 126 Å². The molecule has 0 bridgehead atoms. The smallest absolute Gasteiger partial charge is 0.335 e. The molecular weight excluding hydrogens is 328 g/mol. The summed E-state index contributed by atoms with van der Waals surface area (Å²) in [6, 6.07) is 5.32. The number of hydrogen-bond acceptors (Lipinski definition) is 2. The van der Waals surface area contributed by atoms with Gasteiger partial charge in [-0.2, -0.15) is 5.10 Å². The highest BCUT2D eigenvalue weighted by Crippen LogP contribution is 2.34. The Hall–Kier alpha value is -2.09. The van der Waals surface area contributed by atoms with Crippen LogP contribution in [0, 0.1) is 0 Å². The highest BCUT2D eigenvalue weighted by atomic mass is 35.5. The fraction of sp³-hybridized carbons (Fsp3) is 0.231. The second-order valence-electron chi connectivity index (χ2n) is 4.35. The molecule has 1 N–H and O–H groups in total. The fourth-order valence-corrected chi connectivity index (χ4v) is 2.17. The number of nitrogens with zero attached hydrogens (tertiary/aromatic N) is 2. The molecule has 0 atom stereocenters. The summed E-state index contributed by atoms with van der Waals surface area (Å²) >= 11 is 5.53. The molecule has 118 valence electrons. The van der Waals surface area contributed by atoms with Crippen LogP contribution >= 0.6 is 11.6 Å². The zero-order valence-corrected chi connectivity index (χ0v) is 11.6. The van der Waals surface area contributed by atoms with Gasteiger partial charge in [0.25, 0.3) is 12.9 Å². The van der Waals surface area contributed by atoms with Crippen molar-refractivity contribution in [3.05, 3.63) is 51.8 Å². The normalized spacial score (nSPS) is 11.4. The largest absolute Gasteiger partial charge is 0.478 e. The third-order valence-corrected chi connectivity index (χ3v) is 3.29. The lowest BCUT2D eigenvalue weighted by atomic mass is 10.1. The van der Waals surface area contributed by atoms with E-state index in [1.807, 2.05) is 0 Å². The zero-order valence-electron chi connectivity index (χ0n) is 10.8. The molecule has 0 amide bonds. The predicted molar refractivity (Wildman–Crippen MR) is 69.7 cm³/mol. The molecule has 22 heavy (non-hydrogen) atoms. The van der Waals surface area contributed by atoms with E-state index < -0.39 is 35.2 Å². The minimum Gasteiger partial charge on any atom is -0.478 e. The first-order chi connectivity index (χ1) is 10.3. The Kier molecular flexibility index (Phi) is 4.70. The van der Waals surface area contributed by atoms with Gasteiger partial charge >= 0.3 is 5.97 Å². The van der Waals surface area contributed by atoms with Crippen LogP contribution in [0.1, 0.15) is 40.2 Å². The second-order valence-corrected chi connectivity index (χ2v) is 4.72. The zero-order chi connectivity index (χ0) is 16.4. The number of halogens is 5. The SMILES string of the molecule is O=C(O)c1ccc(Cn2nc(C(F)F)c(Cl)c2C(F)F)cc1. The lowest BCUT2D eigenvalue weighted by molar-refractivity contribution is 0.0696. The van der Waals surface area contributed by atoms with Crippen molar-refractivity contribution < 1.29 is 27.5 Å². The average molecular weight is 337 g/mol. The van der Waals surface area contributed by atoms with E-state index in [1.54, 1.807) is 0 Å². The fourth-order valence-electron chi connectivity index (χ4n) is 1.87. The molecule has 0 saturated heterocycles. The van der Waals surface area contributed by atoms with Crippen LogP contribution in [0.15, 0.2) is 24.3 Å². The highest BCUT2D eigenvalue weighted by molar-refractivity contribution is 6.32. The number of rotatable bonds is 5. The van der Waals surface area contributed by atoms with Gasteiger partial charge < -0.3 is 5.11 Å². The van der Waals surface area contributed by atoms with Gasteiger partial charge in [0, 0.05) is 0 Å². The average Bonchev–Trinajstić information content (AvgIpc) is 2.76. The van der Waals surface area contributed by atoms with Crippen LogP contribution in [0.25, 0.3) is 0 Å². The molecule has 2 aromatic rings. The summed E-state index contributed by atoms with van der Waals surface area (Å²) in [6.07, 6.45) is -6.13. The summed E-state index contributed by atoms with van der Waals surface area (Å²) < 4.78 is 52.0. The van der Waals surface area contributed by atoms with Crippen molar-refractivity contribution >= 4 is 17.6 Å². The van der Waals surface area contributed by atoms with Crippen molar-refractivity contribution in [1.29, 1.82) is 0 Å². The molecule has 0 aliphatic heterocycles. The molecule has 0 spiro atoms. The molecule has 0 aliphatic rings. The van der Waals surface area contributed by atoms with E-state index >= 15 is 0 Å². The van der Waals surface area contributed by atoms with Crippen molar-refractivity contribution in [2.75, 3.05) is 0 Å². The van der Waals surface area contributed by atoms with Crippen LogP contribution < -0.4 is 0 Å². The molecule has 0 aliphatic carbocycles. The quantitative estimate of drug-likeness (QED) is 0.834. The number of benzene rings is 1. The highest BCUT2D eigenvalue weighted by Gasteiger charge is 2.27. The summed E-state index contributed by atoms with van der Waals surface area (Å²) in [4.78, 5) is 10.7. The van der Waals surface area contributed by atoms with Crippen molar-refractivity contribution in [3.8, 4) is 0 Å². The number of aromatic nitrogens is 2. The Bertz CT molecular complexity index is 686. The Balaban J connectivity index is 2.36. The molecule has 0 radical (unpaired) electrons. The molecule has 9 heteroatoms. The molecule has 4 nitrogen and oxygen atoms in total. The van der Waals surface area contributed by atoms with Crippen LogP contribution in [0.2, 0.25) is 5.02 Å². The van der Waals surface area contributed by atoms with E-state index in [1.165, 1.54) is 24.3 Å². The minimum absolute atomic E-state index is 0.0181. The summed E-state index contributed by atoms with van der Waals surface area (Å²) in [6.45, 7) is -0.230. The van der Waals surface area contributed by atoms with Gasteiger partial charge in [-0.1, -0.05) is 23.7 Å². The number of aromatic carboxylic acids is 1. The predicted octanol–water partition coefficient (Wildman–Crippen LogP) is 4.16. The van der Waals surface area contributed by atoms with Crippen LogP contribution in [0.3, 0.4) is 0 Å². The first-order valence-corrected chi connectivity index (χ1v) is 6.33. The maximum absolute atomic E-state index is 13.0. The topological polar surface area (TPSA) is 55.1 Å². The van der Waals surface area contributed by atoms with Crippen LogP contribution in [0.5, 0.6) is 0 Å². The van der Waals surface area contributed by atoms with Gasteiger partial charge in [0.2, 0.25) is 0 Å². The van der Waals surface area contributed by atoms with E-state index in [0.717, 1.165) is 0 Å². The monoisotopic (exact) mass is 336 g/mol. The van der Waals surface area contributed by atoms with Crippen LogP contribution in [-0.2, 0) is 6.54 Å². The molecule has 1 heterocycles. The summed E-state index contributed by atoms with van der Waals surface area (Å²) in [7, 11) is 0. The minimum atomic E-state index is -3.07. The molecule has 2 rings (SSSR count). The maximum atomic E-state index is 13.0. The van der Waals surface area contributed by atoms with Gasteiger partial charge in [0.1, 0.15) is 11.4 Å². The van der Waals surface area contributed by atoms with Crippen molar-refractivity contribution in [2.45, 2.75) is 19.4 Å². The third kappa shape index (κ3) is 3.22. The first-order valence-electron chi connectivity index (χ1n) is 5.96. The van der Waals surface area contributed by atoms with E-state index in [9.17, 15) is 22.4 Å². The van der Waals surface area contributed by atoms with Crippen LogP contribution in [-0.4, -0.2) is 20.9 Å². The molecular formula is C13H9ClF4N2O2. The number of carbonyl (C=O) groups is 1. The van der Waals surface area contributed by atoms with Gasteiger partial charge in [-0.25, -0.2) is 22.4 Å². The Morgan fingerprint density at radius 2 is 1.77 bits per heavy atom. The third-order valence-electron chi connectivity index (χ3n) is 2.90. The molecule has 1 aromatic carbocycles. The van der Waals surface area contributed by atoms with Gasteiger partial charge in [-0.05, 0) is 17.7 Å². The van der Waals surface area contributed by atoms with Gasteiger partial charge in [-0.15, -0.1) is 0 Å². The van der Waals surface area contributed by atoms with E-state index in [-0.39, 0.29) is 12.1 Å². The van der Waals surface area contributed by atoms with E-state index in [2.05, 4.69) is 5.10 Å². The summed E-state index contributed by atoms with van der Waals surface area (Å²) in [5.41, 5.74) is -1.25. The molecule has 0 fully saturated rings. The number of carboxylic acid groups (broad SMARTS) is 1. The number of carboxylic acids is 1. The Morgan fingerprint density at radius 1 is 1.18 bits per heavy atom. The summed E-state index contributed by atoms with van der Waals surface area (Å²) in [5, 5.41) is 11.4. The standard InChI is InChI=1S/C13H9ClF4N2O2/c14-8-9(11(15)16)19-20(10(8)12(17)18)5-6-1-3-7(4-2-6)13(21)22/h1-4,11-12H,5H2,(H,21,22).